The molecule has 0 bridgehead atoms. The van der Waals surface area contributed by atoms with E-state index in [-0.39, 0.29) is 17.2 Å². The van der Waals surface area contributed by atoms with Crippen LogP contribution in [-0.4, -0.2) is 51.5 Å². The van der Waals surface area contributed by atoms with E-state index in [0.717, 1.165) is 30.6 Å². The number of nitrogens with one attached hydrogen (secondary N) is 2. The first-order valence-corrected chi connectivity index (χ1v) is 11.1. The van der Waals surface area contributed by atoms with Crippen LogP contribution in [0.3, 0.4) is 0 Å². The maximum absolute atomic E-state index is 12.9. The van der Waals surface area contributed by atoms with Gasteiger partial charge in [-0.3, -0.25) is 9.89 Å². The Morgan fingerprint density at radius 3 is 2.72 bits per heavy atom. The van der Waals surface area contributed by atoms with Crippen molar-refractivity contribution in [2.24, 2.45) is 7.05 Å². The SMILES string of the molecule is Cn1c(CCC(=O)Nc2ccn[nH]2)nc2cc(S(=O)(=O)N3CCCCC3)ccc21. The van der Waals surface area contributed by atoms with E-state index in [4.69, 9.17) is 0 Å². The summed E-state index contributed by atoms with van der Waals surface area (Å²) < 4.78 is 29.3. The molecule has 1 aliphatic heterocycles. The Balaban J connectivity index is 1.51. The number of piperidine rings is 1. The molecule has 2 aromatic heterocycles. The van der Waals surface area contributed by atoms with Gasteiger partial charge in [0.15, 0.2) is 0 Å². The predicted octanol–water partition coefficient (Wildman–Crippen LogP) is 2.04. The van der Waals surface area contributed by atoms with E-state index < -0.39 is 10.0 Å². The largest absolute Gasteiger partial charge is 0.331 e. The molecule has 1 saturated heterocycles. The molecule has 4 rings (SSSR count). The molecule has 0 atom stereocenters. The van der Waals surface area contributed by atoms with Crippen LogP contribution in [0.5, 0.6) is 0 Å². The third kappa shape index (κ3) is 4.03. The lowest BCUT2D eigenvalue weighted by molar-refractivity contribution is -0.116. The van der Waals surface area contributed by atoms with Gasteiger partial charge in [0.2, 0.25) is 15.9 Å². The van der Waals surface area contributed by atoms with Gasteiger partial charge in [-0.05, 0) is 31.0 Å². The second kappa shape index (κ2) is 7.96. The van der Waals surface area contributed by atoms with Crippen molar-refractivity contribution >= 4 is 32.8 Å². The van der Waals surface area contributed by atoms with Crippen molar-refractivity contribution in [3.8, 4) is 0 Å². The van der Waals surface area contributed by atoms with Gasteiger partial charge >= 0.3 is 0 Å². The van der Waals surface area contributed by atoms with Crippen molar-refractivity contribution in [2.45, 2.75) is 37.0 Å². The van der Waals surface area contributed by atoms with Crippen LogP contribution in [0.4, 0.5) is 5.82 Å². The molecule has 1 amide bonds. The van der Waals surface area contributed by atoms with E-state index in [0.29, 0.717) is 30.8 Å². The van der Waals surface area contributed by atoms with E-state index in [2.05, 4.69) is 20.5 Å². The van der Waals surface area contributed by atoms with Crippen molar-refractivity contribution in [3.05, 3.63) is 36.3 Å². The fraction of sp³-hybridized carbons (Fsp3) is 0.421. The minimum Gasteiger partial charge on any atom is -0.331 e. The summed E-state index contributed by atoms with van der Waals surface area (Å²) in [6.45, 7) is 1.14. The number of aromatic nitrogens is 4. The minimum absolute atomic E-state index is 0.144. The maximum atomic E-state index is 12.9. The summed E-state index contributed by atoms with van der Waals surface area (Å²) in [4.78, 5) is 16.9. The number of carbonyl (C=O) groups is 1. The fourth-order valence-corrected chi connectivity index (χ4v) is 5.17. The van der Waals surface area contributed by atoms with Crippen LogP contribution < -0.4 is 5.32 Å². The monoisotopic (exact) mass is 416 g/mol. The van der Waals surface area contributed by atoms with Crippen LogP contribution in [0.25, 0.3) is 11.0 Å². The highest BCUT2D eigenvalue weighted by Gasteiger charge is 2.26. The normalized spacial score (nSPS) is 15.6. The second-order valence-corrected chi connectivity index (χ2v) is 9.16. The number of nitrogens with zero attached hydrogens (tertiary/aromatic N) is 4. The van der Waals surface area contributed by atoms with E-state index >= 15 is 0 Å². The fourth-order valence-electron chi connectivity index (χ4n) is 3.63. The number of imidazole rings is 1. The lowest BCUT2D eigenvalue weighted by Crippen LogP contribution is -2.35. The molecular weight excluding hydrogens is 392 g/mol. The third-order valence-corrected chi connectivity index (χ3v) is 7.14. The number of hydrogen-bond donors (Lipinski definition) is 2. The average molecular weight is 417 g/mol. The van der Waals surface area contributed by atoms with E-state index in [1.165, 1.54) is 0 Å². The Bertz CT molecular complexity index is 1110. The molecule has 1 aliphatic rings. The molecule has 0 radical (unpaired) electrons. The third-order valence-electron chi connectivity index (χ3n) is 5.25. The summed E-state index contributed by atoms with van der Waals surface area (Å²) in [5.74, 6) is 1.13. The van der Waals surface area contributed by atoms with Gasteiger partial charge in [-0.2, -0.15) is 9.40 Å². The van der Waals surface area contributed by atoms with Crippen molar-refractivity contribution in [3.63, 3.8) is 0 Å². The first-order chi connectivity index (χ1) is 13.9. The zero-order chi connectivity index (χ0) is 20.4. The zero-order valence-electron chi connectivity index (χ0n) is 16.3. The molecule has 0 unspecified atom stereocenters. The first kappa shape index (κ1) is 19.6. The molecule has 0 spiro atoms. The first-order valence-electron chi connectivity index (χ1n) is 9.70. The van der Waals surface area contributed by atoms with Crippen molar-refractivity contribution in [1.82, 2.24) is 24.1 Å². The molecule has 2 N–H and O–H groups in total. The molecule has 154 valence electrons. The molecule has 3 aromatic rings. The lowest BCUT2D eigenvalue weighted by atomic mass is 10.2. The average Bonchev–Trinajstić information content (AvgIpc) is 3.34. The number of fused-ring (bicyclic) bond motifs is 1. The summed E-state index contributed by atoms with van der Waals surface area (Å²) in [6.07, 6.45) is 5.14. The molecule has 0 aliphatic carbocycles. The number of rotatable bonds is 6. The highest BCUT2D eigenvalue weighted by atomic mass is 32.2. The number of hydrogen-bond acceptors (Lipinski definition) is 5. The molecule has 1 aromatic carbocycles. The van der Waals surface area contributed by atoms with Crippen molar-refractivity contribution < 1.29 is 13.2 Å². The van der Waals surface area contributed by atoms with Crippen LogP contribution in [0, 0.1) is 0 Å². The summed E-state index contributed by atoms with van der Waals surface area (Å²) in [6, 6.07) is 6.74. The highest BCUT2D eigenvalue weighted by molar-refractivity contribution is 7.89. The van der Waals surface area contributed by atoms with Crippen molar-refractivity contribution in [2.75, 3.05) is 18.4 Å². The van der Waals surface area contributed by atoms with E-state index in [9.17, 15) is 13.2 Å². The number of sulfonamides is 1. The van der Waals surface area contributed by atoms with Gasteiger partial charge in [0.1, 0.15) is 11.6 Å². The Kier molecular flexibility index (Phi) is 5.37. The molecule has 3 heterocycles. The van der Waals surface area contributed by atoms with Crippen molar-refractivity contribution in [1.29, 1.82) is 0 Å². The van der Waals surface area contributed by atoms with Gasteiger partial charge < -0.3 is 9.88 Å². The number of H-pyrrole nitrogens is 1. The Morgan fingerprint density at radius 2 is 2.00 bits per heavy atom. The van der Waals surface area contributed by atoms with Crippen LogP contribution in [0.2, 0.25) is 0 Å². The summed E-state index contributed by atoms with van der Waals surface area (Å²) in [5.41, 5.74) is 1.46. The molecule has 9 nitrogen and oxygen atoms in total. The number of anilines is 1. The van der Waals surface area contributed by atoms with Gasteiger partial charge in [0, 0.05) is 39.0 Å². The zero-order valence-corrected chi connectivity index (χ0v) is 17.1. The maximum Gasteiger partial charge on any atom is 0.243 e. The number of aromatic amines is 1. The van der Waals surface area contributed by atoms with Crippen LogP contribution >= 0.6 is 0 Å². The van der Waals surface area contributed by atoms with Gasteiger partial charge in [-0.1, -0.05) is 6.42 Å². The molecule has 29 heavy (non-hydrogen) atoms. The Hall–Kier alpha value is -2.72. The van der Waals surface area contributed by atoms with Crippen LogP contribution in [0.1, 0.15) is 31.5 Å². The standard InChI is InChI=1S/C19H24N6O3S/c1-24-16-6-5-14(29(27,28)25-11-3-2-4-12-25)13-15(16)21-18(24)7-8-19(26)22-17-9-10-20-23-17/h5-6,9-10,13H,2-4,7-8,11-12H2,1H3,(H2,20,22,23,26). The van der Waals surface area contributed by atoms with Gasteiger partial charge in [0.25, 0.3) is 0 Å². The number of benzene rings is 1. The Labute approximate surface area is 169 Å². The van der Waals surface area contributed by atoms with Gasteiger partial charge in [-0.15, -0.1) is 0 Å². The van der Waals surface area contributed by atoms with Crippen LogP contribution in [0.15, 0.2) is 35.4 Å². The highest BCUT2D eigenvalue weighted by Crippen LogP contribution is 2.25. The molecular formula is C19H24N6O3S. The van der Waals surface area contributed by atoms with E-state index in [1.807, 2.05) is 11.6 Å². The molecule has 0 saturated carbocycles. The summed E-state index contributed by atoms with van der Waals surface area (Å²) in [5, 5.41) is 9.20. The minimum atomic E-state index is -3.50. The molecule has 1 fully saturated rings. The predicted molar refractivity (Wildman–Crippen MR) is 109 cm³/mol. The summed E-state index contributed by atoms with van der Waals surface area (Å²) in [7, 11) is -1.63. The van der Waals surface area contributed by atoms with Gasteiger partial charge in [0.05, 0.1) is 22.1 Å². The molecule has 10 heteroatoms. The van der Waals surface area contributed by atoms with Gasteiger partial charge in [-0.25, -0.2) is 13.4 Å². The summed E-state index contributed by atoms with van der Waals surface area (Å²) >= 11 is 0. The number of aryl methyl sites for hydroxylation is 2. The quantitative estimate of drug-likeness (QED) is 0.638. The smallest absolute Gasteiger partial charge is 0.243 e. The number of amides is 1. The second-order valence-electron chi connectivity index (χ2n) is 7.22. The topological polar surface area (TPSA) is 113 Å². The van der Waals surface area contributed by atoms with Crippen LogP contribution in [-0.2, 0) is 28.3 Å². The van der Waals surface area contributed by atoms with E-state index in [1.54, 1.807) is 34.8 Å². The number of carbonyl (C=O) groups excluding carboxylic acids is 1. The lowest BCUT2D eigenvalue weighted by Gasteiger charge is -2.25. The Morgan fingerprint density at radius 1 is 1.21 bits per heavy atom.